The fraction of sp³-hybridized carbons (Fsp3) is 0.111. The van der Waals surface area contributed by atoms with Crippen molar-refractivity contribution < 1.29 is 49.5 Å². The van der Waals surface area contributed by atoms with E-state index in [0.29, 0.717) is 0 Å². The molecule has 0 aliphatic heterocycles. The molecule has 61 valence electrons. The van der Waals surface area contributed by atoms with E-state index in [1.807, 2.05) is 0 Å². The molecular weight excluding hydrogens is 270 g/mol. The van der Waals surface area contributed by atoms with E-state index in [0.717, 1.165) is 6.42 Å². The van der Waals surface area contributed by atoms with Crippen LogP contribution in [0.3, 0.4) is 0 Å². The molecule has 1 aromatic carbocycles. The van der Waals surface area contributed by atoms with Gasteiger partial charge in [0.15, 0.2) is 0 Å². The van der Waals surface area contributed by atoms with Gasteiger partial charge in [0.1, 0.15) is 0 Å². The van der Waals surface area contributed by atoms with Crippen LogP contribution in [0.15, 0.2) is 24.3 Å². The fourth-order valence-corrected chi connectivity index (χ4v) is 2.13. The van der Waals surface area contributed by atoms with Crippen LogP contribution in [-0.4, -0.2) is 0 Å². The molecule has 0 saturated heterocycles. The zero-order valence-electron chi connectivity index (χ0n) is 6.35. The van der Waals surface area contributed by atoms with E-state index in [-0.39, 0.29) is 24.8 Å². The summed E-state index contributed by atoms with van der Waals surface area (Å²) < 4.78 is 1.48. The van der Waals surface area contributed by atoms with Gasteiger partial charge in [-0.25, -0.2) is 0 Å². The van der Waals surface area contributed by atoms with Gasteiger partial charge >= 0.3 is 75.9 Å². The molecule has 3 heteroatoms. The summed E-state index contributed by atoms with van der Waals surface area (Å²) in [6.45, 7) is 0. The summed E-state index contributed by atoms with van der Waals surface area (Å²) in [5.41, 5.74) is 2.97. The van der Waals surface area contributed by atoms with E-state index in [1.165, 1.54) is 39.1 Å². The van der Waals surface area contributed by atoms with E-state index in [1.54, 1.807) is 0 Å². The van der Waals surface area contributed by atoms with Gasteiger partial charge in [-0.15, -0.1) is 0 Å². The average Bonchev–Trinajstić information content (AvgIpc) is 2.36. The third-order valence-electron chi connectivity index (χ3n) is 1.82. The average molecular weight is 277 g/mol. The molecule has 0 N–H and O–H groups in total. The van der Waals surface area contributed by atoms with Crippen LogP contribution < -0.4 is 28.1 Å². The Kier molecular flexibility index (Phi) is 5.40. The van der Waals surface area contributed by atoms with Crippen LogP contribution in [0, 0.1) is 0 Å². The molecule has 0 aromatic heterocycles. The molecule has 12 heavy (non-hydrogen) atoms. The molecule has 0 atom stereocenters. The van der Waals surface area contributed by atoms with E-state index >= 15 is 0 Å². The van der Waals surface area contributed by atoms with Crippen molar-refractivity contribution in [1.82, 2.24) is 0 Å². The Bertz CT molecular complexity index is 295. The summed E-state index contributed by atoms with van der Waals surface area (Å²) in [6, 6.07) is 6.56. The van der Waals surface area contributed by atoms with Gasteiger partial charge in [0.25, 0.3) is 0 Å². The quantitative estimate of drug-likeness (QED) is 0.448. The topological polar surface area (TPSA) is 0 Å². The standard InChI is InChI=1S/C9H7.2ClH.Zr/c1-2-5-9-7-3-6-8(9)4-1;;;/h1-4,7H,6H2;2*1H;/q;;;+2/p-2. The van der Waals surface area contributed by atoms with Gasteiger partial charge in [-0.1, -0.05) is 0 Å². The van der Waals surface area contributed by atoms with Crippen LogP contribution in [0.5, 0.6) is 0 Å². The van der Waals surface area contributed by atoms with E-state index in [2.05, 4.69) is 30.4 Å². The molecule has 0 radical (unpaired) electrons. The second kappa shape index (κ2) is 5.22. The first kappa shape index (κ1) is 12.4. The summed E-state index contributed by atoms with van der Waals surface area (Å²) in [4.78, 5) is 0. The minimum absolute atomic E-state index is 0. The van der Waals surface area contributed by atoms with Gasteiger partial charge in [0.05, 0.1) is 0 Å². The summed E-state index contributed by atoms with van der Waals surface area (Å²) in [7, 11) is 0. The van der Waals surface area contributed by atoms with Crippen molar-refractivity contribution in [3.8, 4) is 0 Å². The summed E-state index contributed by atoms with van der Waals surface area (Å²) in [5.74, 6) is 0. The van der Waals surface area contributed by atoms with Crippen molar-refractivity contribution in [2.45, 2.75) is 6.42 Å². The molecule has 0 saturated carbocycles. The molecule has 0 bridgehead atoms. The molecule has 0 fully saturated rings. The summed E-state index contributed by atoms with van der Waals surface area (Å²) >= 11 is 1.52. The van der Waals surface area contributed by atoms with Crippen LogP contribution in [-0.2, 0) is 31.1 Å². The van der Waals surface area contributed by atoms with Crippen molar-refractivity contribution in [2.24, 2.45) is 0 Å². The Morgan fingerprint density at radius 3 is 2.58 bits per heavy atom. The second-order valence-electron chi connectivity index (χ2n) is 2.48. The van der Waals surface area contributed by atoms with Gasteiger partial charge in [-0.2, -0.15) is 0 Å². The van der Waals surface area contributed by atoms with Gasteiger partial charge in [-0.05, 0) is 0 Å². The summed E-state index contributed by atoms with van der Waals surface area (Å²) in [5, 5.41) is 0. The van der Waals surface area contributed by atoms with Crippen LogP contribution in [0.25, 0.3) is 6.08 Å². The van der Waals surface area contributed by atoms with Crippen LogP contribution >= 0.6 is 0 Å². The zero-order chi connectivity index (χ0) is 6.97. The molecule has 2 rings (SSSR count). The first-order chi connectivity index (χ1) is 4.88. The second-order valence-corrected chi connectivity index (χ2v) is 3.81. The first-order valence-electron chi connectivity index (χ1n) is 3.38. The Morgan fingerprint density at radius 1 is 1.17 bits per heavy atom. The predicted octanol–water partition coefficient (Wildman–Crippen LogP) is -4.56. The van der Waals surface area contributed by atoms with Crippen LogP contribution in [0.1, 0.15) is 11.1 Å². The minimum atomic E-state index is 0. The predicted molar refractivity (Wildman–Crippen MR) is 38.8 cm³/mol. The number of rotatable bonds is 0. The van der Waals surface area contributed by atoms with Gasteiger partial charge in [-0.3, -0.25) is 0 Å². The Balaban J connectivity index is 0.000000605. The maximum atomic E-state index is 2.24. The zero-order valence-corrected chi connectivity index (χ0v) is 10.3. The SMILES string of the molecule is [Cl-].[Cl-].[Zr+2][c]1cccc2c1C=CC2. The molecule has 0 unspecified atom stereocenters. The number of hydrogen-bond acceptors (Lipinski definition) is 0. The van der Waals surface area contributed by atoms with Crippen molar-refractivity contribution in [3.05, 3.63) is 35.4 Å². The van der Waals surface area contributed by atoms with Crippen molar-refractivity contribution in [3.63, 3.8) is 0 Å². The molecular formula is C9H7Cl2Zr. The van der Waals surface area contributed by atoms with Gasteiger partial charge < -0.3 is 24.8 Å². The number of allylic oxidation sites excluding steroid dienone is 1. The third-order valence-corrected chi connectivity index (χ3v) is 2.89. The first-order valence-corrected chi connectivity index (χ1v) is 4.61. The molecule has 0 heterocycles. The van der Waals surface area contributed by atoms with Crippen molar-refractivity contribution >= 4 is 9.35 Å². The number of benzene rings is 1. The number of halogens is 2. The molecule has 0 amide bonds. The molecule has 1 aliphatic rings. The summed E-state index contributed by atoms with van der Waals surface area (Å²) in [6.07, 6.45) is 5.61. The molecule has 0 spiro atoms. The fourth-order valence-electron chi connectivity index (χ4n) is 1.29. The number of hydrogen-bond donors (Lipinski definition) is 0. The van der Waals surface area contributed by atoms with E-state index < -0.39 is 0 Å². The Hall–Kier alpha value is 0.423. The van der Waals surface area contributed by atoms with Crippen molar-refractivity contribution in [2.75, 3.05) is 0 Å². The van der Waals surface area contributed by atoms with Gasteiger partial charge in [0.2, 0.25) is 0 Å². The molecule has 1 aliphatic carbocycles. The van der Waals surface area contributed by atoms with Gasteiger partial charge in [0, 0.05) is 0 Å². The molecule has 1 aromatic rings. The monoisotopic (exact) mass is 275 g/mol. The number of fused-ring (bicyclic) bond motifs is 1. The van der Waals surface area contributed by atoms with E-state index in [9.17, 15) is 0 Å². The Morgan fingerprint density at radius 2 is 1.92 bits per heavy atom. The Labute approximate surface area is 100 Å². The van der Waals surface area contributed by atoms with E-state index in [4.69, 9.17) is 0 Å². The third kappa shape index (κ3) is 2.22. The van der Waals surface area contributed by atoms with Crippen LogP contribution in [0.2, 0.25) is 0 Å². The maximum absolute atomic E-state index is 2.24. The van der Waals surface area contributed by atoms with Crippen molar-refractivity contribution in [1.29, 1.82) is 0 Å². The van der Waals surface area contributed by atoms with Crippen LogP contribution in [0.4, 0.5) is 0 Å². The normalized spacial score (nSPS) is 11.5. The molecule has 0 nitrogen and oxygen atoms in total.